The number of hydrogen-bond acceptors (Lipinski definition) is 5. The molecule has 1 aliphatic heterocycles. The van der Waals surface area contributed by atoms with E-state index >= 15 is 0 Å². The van der Waals surface area contributed by atoms with Crippen LogP contribution in [-0.4, -0.2) is 23.4 Å². The molecule has 1 fully saturated rings. The summed E-state index contributed by atoms with van der Waals surface area (Å²) in [5, 5.41) is 2.60. The van der Waals surface area contributed by atoms with Crippen LogP contribution in [0.2, 0.25) is 0 Å². The van der Waals surface area contributed by atoms with Crippen LogP contribution in [0.1, 0.15) is 32.3 Å². The number of amides is 1. The lowest BCUT2D eigenvalue weighted by Gasteiger charge is -2.12. The summed E-state index contributed by atoms with van der Waals surface area (Å²) in [4.78, 5) is 12.3. The molecule has 1 amide bonds. The molecule has 1 N–H and O–H groups in total. The Morgan fingerprint density at radius 1 is 1.27 bits per heavy atom. The summed E-state index contributed by atoms with van der Waals surface area (Å²) >= 11 is 6.25. The SMILES string of the molecule is CCCCOc1ccc(/C=C2/SC(=S)NC2=O)cc1OCC. The smallest absolute Gasteiger partial charge is 0.263 e. The Morgan fingerprint density at radius 3 is 2.73 bits per heavy atom. The van der Waals surface area contributed by atoms with Crippen molar-refractivity contribution in [2.45, 2.75) is 26.7 Å². The number of carbonyl (C=O) groups excluding carboxylic acids is 1. The first-order chi connectivity index (χ1) is 10.6. The Kier molecular flexibility index (Phi) is 6.27. The van der Waals surface area contributed by atoms with Gasteiger partial charge in [0.2, 0.25) is 0 Å². The maximum atomic E-state index is 11.7. The number of unbranched alkanes of at least 4 members (excludes halogenated alkanes) is 1. The minimum Gasteiger partial charge on any atom is -0.490 e. The monoisotopic (exact) mass is 337 g/mol. The highest BCUT2D eigenvalue weighted by atomic mass is 32.2. The lowest BCUT2D eigenvalue weighted by atomic mass is 10.2. The molecule has 0 aromatic heterocycles. The molecule has 118 valence electrons. The molecule has 2 rings (SSSR count). The highest BCUT2D eigenvalue weighted by Gasteiger charge is 2.22. The predicted molar refractivity (Wildman–Crippen MR) is 94.3 cm³/mol. The van der Waals surface area contributed by atoms with Crippen molar-refractivity contribution in [3.8, 4) is 11.5 Å². The summed E-state index contributed by atoms with van der Waals surface area (Å²) in [5.41, 5.74) is 0.883. The molecule has 0 radical (unpaired) electrons. The van der Waals surface area contributed by atoms with Crippen LogP contribution in [0.25, 0.3) is 6.08 Å². The van der Waals surface area contributed by atoms with E-state index in [1.54, 1.807) is 6.08 Å². The summed E-state index contributed by atoms with van der Waals surface area (Å²) < 4.78 is 11.9. The summed E-state index contributed by atoms with van der Waals surface area (Å²) in [6, 6.07) is 5.67. The van der Waals surface area contributed by atoms with Crippen LogP contribution >= 0.6 is 24.0 Å². The number of thioether (sulfide) groups is 1. The molecule has 0 aliphatic carbocycles. The van der Waals surface area contributed by atoms with Crippen LogP contribution in [0.4, 0.5) is 0 Å². The van der Waals surface area contributed by atoms with Gasteiger partial charge in [-0.25, -0.2) is 0 Å². The first-order valence-corrected chi connectivity index (χ1v) is 8.51. The topological polar surface area (TPSA) is 47.6 Å². The predicted octanol–water partition coefficient (Wildman–Crippen LogP) is 3.75. The minimum atomic E-state index is -0.156. The van der Waals surface area contributed by atoms with Crippen molar-refractivity contribution in [2.75, 3.05) is 13.2 Å². The Morgan fingerprint density at radius 2 is 2.09 bits per heavy atom. The zero-order valence-corrected chi connectivity index (χ0v) is 14.3. The molecule has 6 heteroatoms. The Bertz CT molecular complexity index is 599. The van der Waals surface area contributed by atoms with E-state index in [1.165, 1.54) is 11.8 Å². The summed E-state index contributed by atoms with van der Waals surface area (Å²) in [5.74, 6) is 1.27. The fraction of sp³-hybridized carbons (Fsp3) is 0.375. The largest absolute Gasteiger partial charge is 0.490 e. The van der Waals surface area contributed by atoms with E-state index in [9.17, 15) is 4.79 Å². The number of carbonyl (C=O) groups is 1. The van der Waals surface area contributed by atoms with Crippen molar-refractivity contribution in [1.82, 2.24) is 5.32 Å². The van der Waals surface area contributed by atoms with Crippen molar-refractivity contribution in [3.63, 3.8) is 0 Å². The van der Waals surface area contributed by atoms with Gasteiger partial charge in [-0.3, -0.25) is 4.79 Å². The van der Waals surface area contributed by atoms with Crippen LogP contribution in [-0.2, 0) is 4.79 Å². The molecule has 0 bridgehead atoms. The number of thiocarbonyl (C=S) groups is 1. The van der Waals surface area contributed by atoms with E-state index in [0.29, 0.717) is 28.2 Å². The van der Waals surface area contributed by atoms with Crippen LogP contribution in [0.3, 0.4) is 0 Å². The Labute approximate surface area is 140 Å². The van der Waals surface area contributed by atoms with Gasteiger partial charge in [0.05, 0.1) is 18.1 Å². The minimum absolute atomic E-state index is 0.156. The van der Waals surface area contributed by atoms with Crippen molar-refractivity contribution in [1.29, 1.82) is 0 Å². The first kappa shape index (κ1) is 16.8. The van der Waals surface area contributed by atoms with Gasteiger partial charge in [-0.05, 0) is 37.1 Å². The summed E-state index contributed by atoms with van der Waals surface area (Å²) in [6.45, 7) is 5.28. The van der Waals surface area contributed by atoms with E-state index in [-0.39, 0.29) is 5.91 Å². The van der Waals surface area contributed by atoms with Gasteiger partial charge in [-0.2, -0.15) is 0 Å². The molecule has 0 saturated carbocycles. The van der Waals surface area contributed by atoms with E-state index in [4.69, 9.17) is 21.7 Å². The lowest BCUT2D eigenvalue weighted by molar-refractivity contribution is -0.115. The highest BCUT2D eigenvalue weighted by Crippen LogP contribution is 2.32. The third-order valence-electron chi connectivity index (χ3n) is 2.96. The zero-order valence-electron chi connectivity index (χ0n) is 12.7. The van der Waals surface area contributed by atoms with Crippen LogP contribution < -0.4 is 14.8 Å². The fourth-order valence-electron chi connectivity index (χ4n) is 1.90. The van der Waals surface area contributed by atoms with Gasteiger partial charge in [0.15, 0.2) is 11.5 Å². The van der Waals surface area contributed by atoms with Gasteiger partial charge in [-0.15, -0.1) is 0 Å². The molecule has 22 heavy (non-hydrogen) atoms. The van der Waals surface area contributed by atoms with Gasteiger partial charge < -0.3 is 14.8 Å². The van der Waals surface area contributed by atoms with Gasteiger partial charge in [0.25, 0.3) is 5.91 Å². The van der Waals surface area contributed by atoms with Gasteiger partial charge in [-0.1, -0.05) is 43.4 Å². The average molecular weight is 337 g/mol. The van der Waals surface area contributed by atoms with Gasteiger partial charge in [0, 0.05) is 0 Å². The van der Waals surface area contributed by atoms with E-state index in [0.717, 1.165) is 24.2 Å². The molecule has 4 nitrogen and oxygen atoms in total. The third kappa shape index (κ3) is 4.48. The molecule has 0 spiro atoms. The van der Waals surface area contributed by atoms with E-state index in [1.807, 2.05) is 25.1 Å². The van der Waals surface area contributed by atoms with E-state index in [2.05, 4.69) is 12.2 Å². The standard InChI is InChI=1S/C16H19NO3S2/c1-3-5-8-20-12-7-6-11(9-13(12)19-4-2)10-14-15(18)17-16(21)22-14/h6-7,9-10H,3-5,8H2,1-2H3,(H,17,18,21)/b14-10+. The molecule has 1 aromatic carbocycles. The molecule has 1 heterocycles. The van der Waals surface area contributed by atoms with Crippen LogP contribution in [0.15, 0.2) is 23.1 Å². The average Bonchev–Trinajstić information content (AvgIpc) is 2.79. The second kappa shape index (κ2) is 8.19. The van der Waals surface area contributed by atoms with E-state index < -0.39 is 0 Å². The molecule has 1 aromatic rings. The molecular weight excluding hydrogens is 318 g/mol. The first-order valence-electron chi connectivity index (χ1n) is 7.28. The number of nitrogens with one attached hydrogen (secondary N) is 1. The number of ether oxygens (including phenoxy) is 2. The second-order valence-electron chi connectivity index (χ2n) is 4.69. The van der Waals surface area contributed by atoms with Crippen molar-refractivity contribution < 1.29 is 14.3 Å². The Hall–Kier alpha value is -1.53. The normalized spacial score (nSPS) is 16.0. The molecule has 0 atom stereocenters. The molecular formula is C16H19NO3S2. The van der Waals surface area contributed by atoms with Gasteiger partial charge in [0.1, 0.15) is 4.32 Å². The highest BCUT2D eigenvalue weighted by molar-refractivity contribution is 8.26. The fourth-order valence-corrected chi connectivity index (χ4v) is 2.95. The second-order valence-corrected chi connectivity index (χ2v) is 6.41. The Balaban J connectivity index is 2.19. The molecule has 1 saturated heterocycles. The van der Waals surface area contributed by atoms with Crippen LogP contribution in [0.5, 0.6) is 11.5 Å². The van der Waals surface area contributed by atoms with Crippen molar-refractivity contribution in [2.24, 2.45) is 0 Å². The van der Waals surface area contributed by atoms with Crippen molar-refractivity contribution >= 4 is 40.3 Å². The quantitative estimate of drug-likeness (QED) is 0.466. The lowest BCUT2D eigenvalue weighted by Crippen LogP contribution is -2.17. The molecule has 0 unspecified atom stereocenters. The van der Waals surface area contributed by atoms with Crippen LogP contribution in [0, 0.1) is 0 Å². The maximum Gasteiger partial charge on any atom is 0.263 e. The third-order valence-corrected chi connectivity index (χ3v) is 4.13. The number of hydrogen-bond donors (Lipinski definition) is 1. The summed E-state index contributed by atoms with van der Waals surface area (Å²) in [6.07, 6.45) is 3.89. The number of rotatable bonds is 7. The van der Waals surface area contributed by atoms with Gasteiger partial charge >= 0.3 is 0 Å². The number of benzene rings is 1. The van der Waals surface area contributed by atoms with Crippen molar-refractivity contribution in [3.05, 3.63) is 28.7 Å². The maximum absolute atomic E-state index is 11.7. The molecule has 1 aliphatic rings. The zero-order chi connectivity index (χ0) is 15.9. The summed E-state index contributed by atoms with van der Waals surface area (Å²) in [7, 11) is 0.